The normalized spacial score (nSPS) is 19.3. The molecule has 0 bridgehead atoms. The van der Waals surface area contributed by atoms with Crippen molar-refractivity contribution in [2.75, 3.05) is 20.3 Å². The summed E-state index contributed by atoms with van der Waals surface area (Å²) in [6.07, 6.45) is 5.48. The molecule has 0 aromatic heterocycles. The summed E-state index contributed by atoms with van der Waals surface area (Å²) in [6.45, 7) is 39.4. The number of halogens is 3. The first kappa shape index (κ1) is 71.2. The first-order valence-electron chi connectivity index (χ1n) is 24.9. The number of methoxy groups -OCH3 is 1. The van der Waals surface area contributed by atoms with Gasteiger partial charge in [-0.1, -0.05) is 96.0 Å². The number of aliphatic hydroxyl groups is 2. The number of benzene rings is 3. The minimum atomic E-state index is -0.742. The van der Waals surface area contributed by atoms with Crippen LogP contribution in [0.5, 0.6) is 0 Å². The van der Waals surface area contributed by atoms with Gasteiger partial charge in [0.1, 0.15) is 0 Å². The fourth-order valence-electron chi connectivity index (χ4n) is 7.22. The Labute approximate surface area is 480 Å². The van der Waals surface area contributed by atoms with E-state index in [0.717, 1.165) is 51.6 Å². The molecule has 0 spiro atoms. The molecular formula is C54H86B3Br3MgO11. The van der Waals surface area contributed by atoms with Gasteiger partial charge in [-0.05, 0) is 175 Å². The summed E-state index contributed by atoms with van der Waals surface area (Å²) in [4.78, 5) is 10.9. The third kappa shape index (κ3) is 19.3. The predicted molar refractivity (Wildman–Crippen MR) is 300 cm³/mol. The Morgan fingerprint density at radius 3 is 1.10 bits per heavy atom. The fraction of sp³-hybridized carbons (Fsp3) is 0.630. The molecule has 11 nitrogen and oxygen atoms in total. The molecule has 3 aromatic rings. The topological polar surface area (TPSA) is 131 Å². The Kier molecular flexibility index (Phi) is 30.0. The van der Waals surface area contributed by atoms with Gasteiger partial charge in [0.15, 0.2) is 0 Å². The molecule has 18 heteroatoms. The summed E-state index contributed by atoms with van der Waals surface area (Å²) >= 11 is 6.64. The zero-order valence-electron chi connectivity index (χ0n) is 46.9. The monoisotopic (exact) mass is 1200 g/mol. The van der Waals surface area contributed by atoms with E-state index in [1.54, 1.807) is 31.2 Å². The van der Waals surface area contributed by atoms with Crippen molar-refractivity contribution in [3.05, 3.63) is 105 Å². The van der Waals surface area contributed by atoms with Gasteiger partial charge < -0.3 is 71.5 Å². The van der Waals surface area contributed by atoms with E-state index in [1.807, 2.05) is 159 Å². The van der Waals surface area contributed by atoms with Crippen molar-refractivity contribution < 1.29 is 69.4 Å². The molecule has 72 heavy (non-hydrogen) atoms. The second kappa shape index (κ2) is 30.4. The summed E-state index contributed by atoms with van der Waals surface area (Å²) in [5.74, 6) is -0.308. The van der Waals surface area contributed by atoms with Crippen LogP contribution in [0.15, 0.2) is 81.7 Å². The molecule has 3 aromatic carbocycles. The number of carbonyl (C=O) groups excluding carboxylic acids is 1. The average Bonchev–Trinajstić information content (AvgIpc) is 4.08. The number of hydrogen-bond donors (Lipinski definition) is 2. The van der Waals surface area contributed by atoms with E-state index in [2.05, 4.69) is 43.5 Å². The SMILES string of the molecule is C1CCOC1.CC1(C)OB(B2OC(C)(C)C(C)(C)O2)OC1(C)C.CCC(O)(CC)c1ccc(B2OC(C)(C)C(C)(C)O2)cc1.CCC(O)(CC)c1ccc(Br)cc1.COC(=O)c1ccc(Br)cc1.[Br-].[CH2-]C.[Mg+2]. The number of carbonyl (C=O) groups is 1. The molecule has 0 amide bonds. The van der Waals surface area contributed by atoms with Crippen molar-refractivity contribution in [1.82, 2.24) is 0 Å². The molecule has 4 aliphatic heterocycles. The number of ether oxygens (including phenoxy) is 2. The predicted octanol–water partition coefficient (Wildman–Crippen LogP) is 9.20. The maximum atomic E-state index is 10.9. The first-order chi connectivity index (χ1) is 32.4. The van der Waals surface area contributed by atoms with Gasteiger partial charge in [-0.15, -0.1) is 0 Å². The van der Waals surface area contributed by atoms with Gasteiger partial charge in [0.05, 0.1) is 57.5 Å². The van der Waals surface area contributed by atoms with Crippen molar-refractivity contribution in [2.24, 2.45) is 0 Å². The second-order valence-electron chi connectivity index (χ2n) is 20.8. The molecule has 0 saturated carbocycles. The minimum absolute atomic E-state index is 0. The van der Waals surface area contributed by atoms with Gasteiger partial charge in [0.2, 0.25) is 0 Å². The van der Waals surface area contributed by atoms with Gasteiger partial charge in [-0.3, -0.25) is 0 Å². The van der Waals surface area contributed by atoms with Crippen molar-refractivity contribution >= 4 is 87.5 Å². The van der Waals surface area contributed by atoms with Gasteiger partial charge >= 0.3 is 50.2 Å². The summed E-state index contributed by atoms with van der Waals surface area (Å²) in [7, 11) is 0.0668. The van der Waals surface area contributed by atoms with E-state index in [1.165, 1.54) is 20.0 Å². The third-order valence-corrected chi connectivity index (χ3v) is 15.6. The summed E-state index contributed by atoms with van der Waals surface area (Å²) in [6, 6.07) is 22.8. The summed E-state index contributed by atoms with van der Waals surface area (Å²) < 4.78 is 47.4. The van der Waals surface area contributed by atoms with Gasteiger partial charge in [-0.2, -0.15) is 6.92 Å². The van der Waals surface area contributed by atoms with Crippen LogP contribution >= 0.6 is 31.9 Å². The number of esters is 1. The molecular weight excluding hydrogens is 1120 g/mol. The molecule has 0 atom stereocenters. The van der Waals surface area contributed by atoms with Crippen molar-refractivity contribution in [2.45, 2.75) is 201 Å². The molecule has 0 radical (unpaired) electrons. The fourth-order valence-corrected chi connectivity index (χ4v) is 7.75. The van der Waals surface area contributed by atoms with E-state index < -0.39 is 25.2 Å². The summed E-state index contributed by atoms with van der Waals surface area (Å²) in [5.41, 5.74) is 0.0183. The van der Waals surface area contributed by atoms with Crippen molar-refractivity contribution in [1.29, 1.82) is 0 Å². The van der Waals surface area contributed by atoms with Crippen LogP contribution < -0.4 is 22.4 Å². The Morgan fingerprint density at radius 2 is 0.833 bits per heavy atom. The quantitative estimate of drug-likeness (QED) is 0.121. The largest absolute Gasteiger partial charge is 2.00 e. The Hall–Kier alpha value is -0.829. The van der Waals surface area contributed by atoms with Crippen molar-refractivity contribution in [3.63, 3.8) is 0 Å². The van der Waals surface area contributed by atoms with Crippen LogP contribution in [0.1, 0.15) is 178 Å². The zero-order valence-corrected chi connectivity index (χ0v) is 53.1. The molecule has 0 unspecified atom stereocenters. The van der Waals surface area contributed by atoms with Crippen LogP contribution in [0.2, 0.25) is 0 Å². The maximum absolute atomic E-state index is 10.9. The molecule has 4 aliphatic rings. The smallest absolute Gasteiger partial charge is 1.00 e. The number of hydrogen-bond acceptors (Lipinski definition) is 11. The first-order valence-corrected chi connectivity index (χ1v) is 26.5. The molecule has 4 heterocycles. The van der Waals surface area contributed by atoms with Crippen molar-refractivity contribution in [3.8, 4) is 0 Å². The number of rotatable bonds is 9. The Bertz CT molecular complexity index is 1920. The van der Waals surface area contributed by atoms with E-state index in [4.69, 9.17) is 32.7 Å². The molecule has 2 N–H and O–H groups in total. The van der Waals surface area contributed by atoms with Crippen LogP contribution in [-0.2, 0) is 48.6 Å². The zero-order chi connectivity index (χ0) is 53.6. The van der Waals surface area contributed by atoms with Crippen LogP contribution in [-0.4, -0.2) is 114 Å². The van der Waals surface area contributed by atoms with Crippen LogP contribution in [0.25, 0.3) is 0 Å². The van der Waals surface area contributed by atoms with Gasteiger partial charge in [0, 0.05) is 22.2 Å². The Morgan fingerprint density at radius 1 is 0.556 bits per heavy atom. The standard InChI is InChI=1S/C17H27BO3.C12H24B2O4.C11H15BrO.C8H7BrO2.C4H8O.C2H5.BrH.Mg/c1-7-17(19,8-2)13-9-11-14(12-10-13)18-20-15(3,4)16(5,6)21-18;1-9(2)10(3,4)16-13(15-9)14-17-11(5,6)12(7,8)18-14;1-3-11(13,4-2)9-5-7-10(12)8-6-9;1-11-8(10)6-2-4-7(9)5-3-6;1-2-4-5-3-1;1-2;;/h9-12,19H,7-8H2,1-6H3;1-8H3;5-8,13H,3-4H2,1-2H3;2-5H,1H3;1-4H2;1H2,2H3;1H;/q;;;;;-1;;+2/p-1. The summed E-state index contributed by atoms with van der Waals surface area (Å²) in [5, 5.41) is 20.7. The van der Waals surface area contributed by atoms with Crippen LogP contribution in [0, 0.1) is 6.92 Å². The van der Waals surface area contributed by atoms with Crippen LogP contribution in [0.3, 0.4) is 0 Å². The van der Waals surface area contributed by atoms with E-state index in [-0.39, 0.29) is 86.7 Å². The van der Waals surface area contributed by atoms with Gasteiger partial charge in [0.25, 0.3) is 0 Å². The molecule has 4 saturated heterocycles. The van der Waals surface area contributed by atoms with Gasteiger partial charge in [-0.25, -0.2) is 4.79 Å². The molecule has 7 rings (SSSR count). The van der Waals surface area contributed by atoms with E-state index >= 15 is 0 Å². The minimum Gasteiger partial charge on any atom is -1.00 e. The molecule has 400 valence electrons. The second-order valence-corrected chi connectivity index (χ2v) is 22.6. The average molecular weight is 1210 g/mol. The third-order valence-electron chi connectivity index (χ3n) is 14.6. The Balaban J connectivity index is 0.000000904. The molecule has 4 fully saturated rings. The van der Waals surface area contributed by atoms with Crippen LogP contribution in [0.4, 0.5) is 0 Å². The van der Waals surface area contributed by atoms with E-state index in [0.29, 0.717) is 18.4 Å². The maximum Gasteiger partial charge on any atom is 2.00 e. The molecule has 0 aliphatic carbocycles. The van der Waals surface area contributed by atoms with E-state index in [9.17, 15) is 15.0 Å².